The molecular weight excluding hydrogens is 232 g/mol. The third kappa shape index (κ3) is 3.01. The Morgan fingerprint density at radius 1 is 0.789 bits per heavy atom. The van der Waals surface area contributed by atoms with Gasteiger partial charge in [0, 0.05) is 0 Å². The Hall–Kier alpha value is -0.0400. The fraction of sp³-hybridized carbons (Fsp3) is 1.00. The summed E-state index contributed by atoms with van der Waals surface area (Å²) in [6, 6.07) is 0. The second kappa shape index (κ2) is 6.16. The lowest BCUT2D eigenvalue weighted by molar-refractivity contribution is -0.00941. The van der Waals surface area contributed by atoms with Crippen molar-refractivity contribution in [2.75, 3.05) is 0 Å². The highest BCUT2D eigenvalue weighted by atomic mass is 16.3. The van der Waals surface area contributed by atoms with E-state index in [9.17, 15) is 5.11 Å². The van der Waals surface area contributed by atoms with E-state index in [0.29, 0.717) is 0 Å². The van der Waals surface area contributed by atoms with Crippen LogP contribution in [0.15, 0.2) is 0 Å². The molecule has 0 aromatic carbocycles. The highest BCUT2D eigenvalue weighted by Gasteiger charge is 2.41. The van der Waals surface area contributed by atoms with Gasteiger partial charge in [0.25, 0.3) is 0 Å². The molecule has 3 fully saturated rings. The predicted octanol–water partition coefficient (Wildman–Crippen LogP) is 4.78. The first kappa shape index (κ1) is 13.9. The first-order chi connectivity index (χ1) is 9.28. The van der Waals surface area contributed by atoms with Gasteiger partial charge in [0.1, 0.15) is 0 Å². The Kier molecular flexibility index (Phi) is 4.51. The maximum atomic E-state index is 10.0. The van der Waals surface area contributed by atoms with Crippen LogP contribution in [0.5, 0.6) is 0 Å². The largest absolute Gasteiger partial charge is 0.393 e. The van der Waals surface area contributed by atoms with Crippen molar-refractivity contribution in [1.29, 1.82) is 0 Å². The van der Waals surface area contributed by atoms with E-state index in [0.717, 1.165) is 42.4 Å². The number of hydrogen-bond acceptors (Lipinski definition) is 1. The van der Waals surface area contributed by atoms with Crippen LogP contribution in [0.3, 0.4) is 0 Å². The van der Waals surface area contributed by atoms with Crippen molar-refractivity contribution in [3.63, 3.8) is 0 Å². The van der Waals surface area contributed by atoms with E-state index in [-0.39, 0.29) is 6.10 Å². The van der Waals surface area contributed by atoms with Crippen LogP contribution in [0.1, 0.15) is 77.6 Å². The third-order valence-corrected chi connectivity index (χ3v) is 6.76. The van der Waals surface area contributed by atoms with E-state index in [1.807, 2.05) is 0 Å². The van der Waals surface area contributed by atoms with E-state index in [2.05, 4.69) is 6.92 Å². The number of hydrogen-bond donors (Lipinski definition) is 1. The second-order valence-electron chi connectivity index (χ2n) is 7.67. The summed E-state index contributed by atoms with van der Waals surface area (Å²) in [7, 11) is 0. The molecule has 19 heavy (non-hydrogen) atoms. The van der Waals surface area contributed by atoms with Crippen LogP contribution < -0.4 is 0 Å². The highest BCUT2D eigenvalue weighted by Crippen LogP contribution is 2.50. The topological polar surface area (TPSA) is 20.2 Å². The van der Waals surface area contributed by atoms with Gasteiger partial charge >= 0.3 is 0 Å². The van der Waals surface area contributed by atoms with Crippen molar-refractivity contribution < 1.29 is 5.11 Å². The van der Waals surface area contributed by atoms with Crippen LogP contribution in [-0.4, -0.2) is 11.2 Å². The molecule has 1 nitrogen and oxygen atoms in total. The first-order valence-electron chi connectivity index (χ1n) is 8.96. The van der Waals surface area contributed by atoms with Crippen LogP contribution in [0.2, 0.25) is 0 Å². The first-order valence-corrected chi connectivity index (χ1v) is 8.96. The molecule has 0 radical (unpaired) electrons. The Balaban J connectivity index is 1.62. The molecule has 4 unspecified atom stereocenters. The molecule has 0 amide bonds. The summed E-state index contributed by atoms with van der Waals surface area (Å²) in [4.78, 5) is 0. The molecule has 0 bridgehead atoms. The Morgan fingerprint density at radius 2 is 1.47 bits per heavy atom. The zero-order valence-electron chi connectivity index (χ0n) is 12.7. The van der Waals surface area contributed by atoms with Gasteiger partial charge in [-0.1, -0.05) is 39.0 Å². The van der Waals surface area contributed by atoms with E-state index in [4.69, 9.17) is 0 Å². The summed E-state index contributed by atoms with van der Waals surface area (Å²) in [5, 5.41) is 10.0. The predicted molar refractivity (Wildman–Crippen MR) is 79.9 cm³/mol. The molecule has 1 heteroatoms. The molecule has 0 aromatic rings. The van der Waals surface area contributed by atoms with Crippen LogP contribution in [0.25, 0.3) is 0 Å². The standard InChI is InChI=1S/C18H32O/c1-2-13-6-8-15(9-7-13)17-5-3-4-14-10-11-16(19)12-18(14)17/h13-19H,2-12H2,1H3. The van der Waals surface area contributed by atoms with Crippen LogP contribution in [0, 0.1) is 29.6 Å². The Labute approximate surface area is 119 Å². The Morgan fingerprint density at radius 3 is 2.21 bits per heavy atom. The molecule has 0 saturated heterocycles. The van der Waals surface area contributed by atoms with Crippen molar-refractivity contribution in [1.82, 2.24) is 0 Å². The van der Waals surface area contributed by atoms with Crippen LogP contribution in [-0.2, 0) is 0 Å². The minimum atomic E-state index is 0.0221. The van der Waals surface area contributed by atoms with Gasteiger partial charge in [-0.05, 0) is 68.1 Å². The molecular formula is C18H32O. The van der Waals surface area contributed by atoms with Crippen LogP contribution >= 0.6 is 0 Å². The van der Waals surface area contributed by atoms with Gasteiger partial charge in [-0.3, -0.25) is 0 Å². The normalized spacial score (nSPS) is 47.7. The summed E-state index contributed by atoms with van der Waals surface area (Å²) in [6.45, 7) is 2.36. The highest BCUT2D eigenvalue weighted by molar-refractivity contribution is 4.91. The van der Waals surface area contributed by atoms with E-state index in [1.54, 1.807) is 0 Å². The number of aliphatic hydroxyl groups is 1. The molecule has 3 aliphatic rings. The molecule has 3 rings (SSSR count). The van der Waals surface area contributed by atoms with Gasteiger partial charge in [-0.25, -0.2) is 0 Å². The molecule has 3 saturated carbocycles. The average Bonchev–Trinajstić information content (AvgIpc) is 2.47. The van der Waals surface area contributed by atoms with Crippen molar-refractivity contribution >= 4 is 0 Å². The minimum Gasteiger partial charge on any atom is -0.393 e. The molecule has 0 heterocycles. The van der Waals surface area contributed by atoms with E-state index < -0.39 is 0 Å². The summed E-state index contributed by atoms with van der Waals surface area (Å²) >= 11 is 0. The maximum absolute atomic E-state index is 10.0. The fourth-order valence-corrected chi connectivity index (χ4v) is 5.57. The zero-order chi connectivity index (χ0) is 13.2. The van der Waals surface area contributed by atoms with Gasteiger partial charge in [-0.15, -0.1) is 0 Å². The smallest absolute Gasteiger partial charge is 0.0543 e. The number of fused-ring (bicyclic) bond motifs is 1. The van der Waals surface area contributed by atoms with Gasteiger partial charge in [0.15, 0.2) is 0 Å². The molecule has 0 aliphatic heterocycles. The molecule has 1 N–H and O–H groups in total. The second-order valence-corrected chi connectivity index (χ2v) is 7.67. The number of aliphatic hydroxyl groups excluding tert-OH is 1. The summed E-state index contributed by atoms with van der Waals surface area (Å²) in [6.07, 6.45) is 15.3. The van der Waals surface area contributed by atoms with E-state index in [1.165, 1.54) is 57.8 Å². The van der Waals surface area contributed by atoms with Crippen molar-refractivity contribution in [2.45, 2.75) is 83.7 Å². The van der Waals surface area contributed by atoms with Gasteiger partial charge in [-0.2, -0.15) is 0 Å². The molecule has 0 aromatic heterocycles. The fourth-order valence-electron chi connectivity index (χ4n) is 5.57. The van der Waals surface area contributed by atoms with Crippen molar-refractivity contribution in [3.05, 3.63) is 0 Å². The molecule has 110 valence electrons. The summed E-state index contributed by atoms with van der Waals surface area (Å²) < 4.78 is 0. The van der Waals surface area contributed by atoms with Gasteiger partial charge in [0.05, 0.1) is 6.10 Å². The molecule has 0 spiro atoms. The number of rotatable bonds is 2. The van der Waals surface area contributed by atoms with Crippen molar-refractivity contribution in [3.8, 4) is 0 Å². The molecule has 3 aliphatic carbocycles. The average molecular weight is 264 g/mol. The monoisotopic (exact) mass is 264 g/mol. The van der Waals surface area contributed by atoms with Gasteiger partial charge < -0.3 is 5.11 Å². The summed E-state index contributed by atoms with van der Waals surface area (Å²) in [5.41, 5.74) is 0. The minimum absolute atomic E-state index is 0.0221. The maximum Gasteiger partial charge on any atom is 0.0543 e. The lowest BCUT2D eigenvalue weighted by Gasteiger charge is -2.47. The quantitative estimate of drug-likeness (QED) is 0.761. The Bertz CT molecular complexity index is 279. The van der Waals surface area contributed by atoms with Crippen molar-refractivity contribution in [2.24, 2.45) is 29.6 Å². The van der Waals surface area contributed by atoms with Crippen LogP contribution in [0.4, 0.5) is 0 Å². The van der Waals surface area contributed by atoms with Gasteiger partial charge in [0.2, 0.25) is 0 Å². The zero-order valence-corrected chi connectivity index (χ0v) is 12.7. The molecule has 4 atom stereocenters. The summed E-state index contributed by atoms with van der Waals surface area (Å²) in [5.74, 6) is 4.83. The lowest BCUT2D eigenvalue weighted by Crippen LogP contribution is -2.39. The SMILES string of the molecule is CCC1CCC(C2CCCC3CCC(O)CC32)CC1. The van der Waals surface area contributed by atoms with E-state index >= 15 is 0 Å². The lowest BCUT2D eigenvalue weighted by atomic mass is 9.59. The third-order valence-electron chi connectivity index (χ3n) is 6.76.